The fraction of sp³-hybridized carbons (Fsp3) is 0.435. The second-order valence-corrected chi connectivity index (χ2v) is 8.40. The van der Waals surface area contributed by atoms with Crippen LogP contribution in [0.15, 0.2) is 48.5 Å². The zero-order chi connectivity index (χ0) is 19.2. The molecule has 1 aliphatic heterocycles. The Labute approximate surface area is 160 Å². The lowest BCUT2D eigenvalue weighted by Crippen LogP contribution is -2.40. The Morgan fingerprint density at radius 3 is 2.59 bits per heavy atom. The van der Waals surface area contributed by atoms with Crippen LogP contribution < -0.4 is 4.74 Å². The van der Waals surface area contributed by atoms with Crippen LogP contribution in [-0.2, 0) is 11.0 Å². The number of ether oxygens (including phenoxy) is 1. The van der Waals surface area contributed by atoms with Gasteiger partial charge in [0.25, 0.3) is 5.91 Å². The van der Waals surface area contributed by atoms with E-state index in [0.29, 0.717) is 22.8 Å². The van der Waals surface area contributed by atoms with Crippen LogP contribution in [0.2, 0.25) is 0 Å². The van der Waals surface area contributed by atoms with Gasteiger partial charge in [-0.1, -0.05) is 36.4 Å². The topological polar surface area (TPSA) is 49.8 Å². The Morgan fingerprint density at radius 1 is 1.22 bits per heavy atom. The zero-order valence-electron chi connectivity index (χ0n) is 16.2. The molecule has 142 valence electrons. The number of fused-ring (bicyclic) bond motifs is 1. The van der Waals surface area contributed by atoms with Crippen LogP contribution in [0.3, 0.4) is 0 Å². The summed E-state index contributed by atoms with van der Waals surface area (Å²) >= 11 is 0. The number of nitrogens with zero attached hydrogens (tertiary/aromatic N) is 1. The van der Waals surface area contributed by atoms with Crippen molar-refractivity contribution in [2.75, 3.05) is 20.2 Å². The second kappa shape index (κ2) is 6.38. The highest BCUT2D eigenvalue weighted by molar-refractivity contribution is 5.95. The average molecular weight is 365 g/mol. The molecule has 4 rings (SSSR count). The Morgan fingerprint density at radius 2 is 1.96 bits per heavy atom. The third kappa shape index (κ3) is 3.12. The summed E-state index contributed by atoms with van der Waals surface area (Å²) in [6.07, 6.45) is 2.19. The standard InChI is InChI=1S/C23H27NO3/c1-22(2,26)19-10-9-16(13-20(19)27-3)21(25)24-12-11-23(14-18(23)15-24)17-7-5-4-6-8-17/h4-10,13,18,26H,11-12,14-15H2,1-3H3. The van der Waals surface area contributed by atoms with Gasteiger partial charge in [0.05, 0.1) is 12.7 Å². The van der Waals surface area contributed by atoms with E-state index in [1.165, 1.54) is 12.0 Å². The maximum Gasteiger partial charge on any atom is 0.253 e. The summed E-state index contributed by atoms with van der Waals surface area (Å²) in [6.45, 7) is 5.02. The van der Waals surface area contributed by atoms with Gasteiger partial charge < -0.3 is 14.7 Å². The van der Waals surface area contributed by atoms with Crippen LogP contribution in [0.1, 0.15) is 48.2 Å². The van der Waals surface area contributed by atoms with Crippen LogP contribution in [0.5, 0.6) is 5.75 Å². The van der Waals surface area contributed by atoms with Crippen molar-refractivity contribution in [1.82, 2.24) is 4.90 Å². The molecule has 1 aliphatic carbocycles. The van der Waals surface area contributed by atoms with E-state index in [-0.39, 0.29) is 11.3 Å². The fourth-order valence-corrected chi connectivity index (χ4v) is 4.58. The van der Waals surface area contributed by atoms with Gasteiger partial charge in [-0.05, 0) is 50.3 Å². The van der Waals surface area contributed by atoms with E-state index in [4.69, 9.17) is 4.74 Å². The first kappa shape index (κ1) is 18.1. The molecule has 0 spiro atoms. The minimum atomic E-state index is -1.01. The van der Waals surface area contributed by atoms with Gasteiger partial charge in [-0.15, -0.1) is 0 Å². The van der Waals surface area contributed by atoms with Crippen molar-refractivity contribution in [3.63, 3.8) is 0 Å². The second-order valence-electron chi connectivity index (χ2n) is 8.40. The molecule has 2 fully saturated rings. The molecule has 1 saturated heterocycles. The molecule has 2 unspecified atom stereocenters. The van der Waals surface area contributed by atoms with E-state index >= 15 is 0 Å². The number of hydrogen-bond donors (Lipinski definition) is 1. The molecule has 1 heterocycles. The Kier molecular flexibility index (Phi) is 4.26. The largest absolute Gasteiger partial charge is 0.496 e. The lowest BCUT2D eigenvalue weighted by Gasteiger charge is -2.32. The van der Waals surface area contributed by atoms with Gasteiger partial charge >= 0.3 is 0 Å². The van der Waals surface area contributed by atoms with Crippen molar-refractivity contribution in [1.29, 1.82) is 0 Å². The lowest BCUT2D eigenvalue weighted by atomic mass is 9.87. The summed E-state index contributed by atoms with van der Waals surface area (Å²) in [5, 5.41) is 10.3. The number of hydrogen-bond acceptors (Lipinski definition) is 3. The van der Waals surface area contributed by atoms with Gasteiger partial charge in [-0.2, -0.15) is 0 Å². The Balaban J connectivity index is 1.51. The summed E-state index contributed by atoms with van der Waals surface area (Å²) in [6, 6.07) is 16.0. The summed E-state index contributed by atoms with van der Waals surface area (Å²) in [4.78, 5) is 15.0. The van der Waals surface area contributed by atoms with Gasteiger partial charge in [0, 0.05) is 29.6 Å². The number of aliphatic hydroxyl groups is 1. The van der Waals surface area contributed by atoms with Crippen LogP contribution in [0, 0.1) is 5.92 Å². The molecule has 0 aromatic heterocycles. The summed E-state index contributed by atoms with van der Waals surface area (Å²) in [7, 11) is 1.57. The number of likely N-dealkylation sites (tertiary alicyclic amines) is 1. The van der Waals surface area contributed by atoms with Crippen molar-refractivity contribution in [2.45, 2.75) is 37.7 Å². The molecule has 0 radical (unpaired) electrons. The predicted octanol–water partition coefficient (Wildman–Crippen LogP) is 3.73. The number of methoxy groups -OCH3 is 1. The molecule has 1 amide bonds. The number of carbonyl (C=O) groups is 1. The summed E-state index contributed by atoms with van der Waals surface area (Å²) in [5.41, 5.74) is 1.98. The third-order valence-corrected chi connectivity index (χ3v) is 6.24. The van der Waals surface area contributed by atoms with Crippen LogP contribution in [0.4, 0.5) is 0 Å². The van der Waals surface area contributed by atoms with Crippen LogP contribution in [0.25, 0.3) is 0 Å². The molecule has 2 atom stereocenters. The first-order chi connectivity index (χ1) is 12.8. The quantitative estimate of drug-likeness (QED) is 0.898. The fourth-order valence-electron chi connectivity index (χ4n) is 4.58. The van der Waals surface area contributed by atoms with Crippen molar-refractivity contribution in [3.05, 3.63) is 65.2 Å². The average Bonchev–Trinajstić information content (AvgIpc) is 3.42. The van der Waals surface area contributed by atoms with E-state index in [9.17, 15) is 9.90 Å². The molecule has 2 aromatic carbocycles. The van der Waals surface area contributed by atoms with E-state index < -0.39 is 5.60 Å². The summed E-state index contributed by atoms with van der Waals surface area (Å²) in [5.74, 6) is 1.15. The predicted molar refractivity (Wildman–Crippen MR) is 105 cm³/mol. The SMILES string of the molecule is COc1cc(C(=O)N2CCC3(c4ccccc4)CC3C2)ccc1C(C)(C)O. The maximum atomic E-state index is 13.0. The van der Waals surface area contributed by atoms with Crippen LogP contribution >= 0.6 is 0 Å². The van der Waals surface area contributed by atoms with Gasteiger partial charge in [0.15, 0.2) is 0 Å². The van der Waals surface area contributed by atoms with Crippen molar-refractivity contribution in [2.24, 2.45) is 5.92 Å². The van der Waals surface area contributed by atoms with Gasteiger partial charge in [0.2, 0.25) is 0 Å². The molecule has 1 saturated carbocycles. The number of piperidine rings is 1. The lowest BCUT2D eigenvalue weighted by molar-refractivity contribution is 0.0698. The maximum absolute atomic E-state index is 13.0. The number of rotatable bonds is 4. The number of carbonyl (C=O) groups excluding carboxylic acids is 1. The molecular weight excluding hydrogens is 338 g/mol. The Hall–Kier alpha value is -2.33. The minimum absolute atomic E-state index is 0.0455. The van der Waals surface area contributed by atoms with Gasteiger partial charge in [-0.25, -0.2) is 0 Å². The highest BCUT2D eigenvalue weighted by Crippen LogP contribution is 2.59. The molecule has 1 N–H and O–H groups in total. The van der Waals surface area contributed by atoms with Crippen molar-refractivity contribution >= 4 is 5.91 Å². The smallest absolute Gasteiger partial charge is 0.253 e. The van der Waals surface area contributed by atoms with Crippen LogP contribution in [-0.4, -0.2) is 36.1 Å². The number of benzene rings is 2. The molecular formula is C23H27NO3. The number of amides is 1. The first-order valence-corrected chi connectivity index (χ1v) is 9.61. The first-order valence-electron chi connectivity index (χ1n) is 9.61. The third-order valence-electron chi connectivity index (χ3n) is 6.24. The summed E-state index contributed by atoms with van der Waals surface area (Å²) < 4.78 is 5.42. The molecule has 2 aromatic rings. The molecule has 2 aliphatic rings. The van der Waals surface area contributed by atoms with E-state index in [1.54, 1.807) is 39.2 Å². The van der Waals surface area contributed by atoms with Gasteiger partial charge in [0.1, 0.15) is 5.75 Å². The zero-order valence-corrected chi connectivity index (χ0v) is 16.2. The van der Waals surface area contributed by atoms with Crippen molar-refractivity contribution in [3.8, 4) is 5.75 Å². The highest BCUT2D eigenvalue weighted by atomic mass is 16.5. The molecule has 27 heavy (non-hydrogen) atoms. The molecule has 4 nitrogen and oxygen atoms in total. The normalized spacial score (nSPS) is 24.3. The van der Waals surface area contributed by atoms with E-state index in [2.05, 4.69) is 30.3 Å². The molecule has 0 bridgehead atoms. The van der Waals surface area contributed by atoms with E-state index in [1.807, 2.05) is 4.90 Å². The van der Waals surface area contributed by atoms with E-state index in [0.717, 1.165) is 19.5 Å². The monoisotopic (exact) mass is 365 g/mol. The molecule has 4 heteroatoms. The Bertz CT molecular complexity index is 856. The van der Waals surface area contributed by atoms with Gasteiger partial charge in [-0.3, -0.25) is 4.79 Å². The minimum Gasteiger partial charge on any atom is -0.496 e. The highest BCUT2D eigenvalue weighted by Gasteiger charge is 2.57. The van der Waals surface area contributed by atoms with Crippen molar-refractivity contribution < 1.29 is 14.6 Å².